The van der Waals surface area contributed by atoms with Gasteiger partial charge in [0.25, 0.3) is 5.91 Å². The third-order valence-corrected chi connectivity index (χ3v) is 8.40. The largest absolute Gasteiger partial charge is 0.465 e. The van der Waals surface area contributed by atoms with Crippen LogP contribution in [0.5, 0.6) is 5.75 Å². The first kappa shape index (κ1) is 35.3. The van der Waals surface area contributed by atoms with Crippen molar-refractivity contribution in [2.45, 2.75) is 45.9 Å². The monoisotopic (exact) mass is 725 g/mol. The Morgan fingerprint density at radius 1 is 1.04 bits per heavy atom. The number of alkyl halides is 2. The number of anilines is 1. The molecule has 3 heterocycles. The second kappa shape index (κ2) is 13.6. The number of aromatic nitrogens is 3. The summed E-state index contributed by atoms with van der Waals surface area (Å²) in [6.45, 7) is 2.68. The highest BCUT2D eigenvalue weighted by molar-refractivity contribution is 6.36. The molecule has 0 aliphatic carbocycles. The Hall–Kier alpha value is -5.57. The van der Waals surface area contributed by atoms with Gasteiger partial charge in [0, 0.05) is 42.9 Å². The maximum Gasteiger partial charge on any atom is 0.410 e. The number of nitrogens with one attached hydrogen (secondary N) is 1. The van der Waals surface area contributed by atoms with Crippen LogP contribution < -0.4 is 10.1 Å². The number of hydrogen-bond acceptors (Lipinski definition) is 9. The van der Waals surface area contributed by atoms with Crippen molar-refractivity contribution in [2.75, 3.05) is 19.0 Å². The topological polar surface area (TPSA) is 138 Å². The minimum absolute atomic E-state index is 0.0334. The molecule has 1 aliphatic rings. The van der Waals surface area contributed by atoms with Crippen molar-refractivity contribution in [3.05, 3.63) is 82.1 Å². The van der Waals surface area contributed by atoms with Gasteiger partial charge in [-0.05, 0) is 39.0 Å². The van der Waals surface area contributed by atoms with Crippen LogP contribution >= 0.6 is 11.6 Å². The number of carbonyl (C=O) groups is 3. The summed E-state index contributed by atoms with van der Waals surface area (Å²) in [6, 6.07) is 11.3. The smallest absolute Gasteiger partial charge is 0.410 e. The molecule has 16 heteroatoms. The molecular formula is C35H31ClF3N5O7. The summed E-state index contributed by atoms with van der Waals surface area (Å²) in [5.41, 5.74) is 0.774. The van der Waals surface area contributed by atoms with Gasteiger partial charge in [-0.1, -0.05) is 35.9 Å². The standard InChI is InChI=1S/C35H31ClF3N5O7/c1-35(2,3)51-34(47)44-13-12-24-23(16-44)40-29(43(24)4)30(45)41-21-11-7-8-17(27(21)36)18-9-6-10-19(28(18)37)31-42-22-14-20(32(46)48-5)25(50-33(38)39)15-26(22)49-31/h6-11,14-15,33H,12-13,16H2,1-5H3,(H,41,45). The zero-order valence-corrected chi connectivity index (χ0v) is 28.7. The van der Waals surface area contributed by atoms with E-state index in [0.29, 0.717) is 18.7 Å². The maximum absolute atomic E-state index is 16.2. The predicted octanol–water partition coefficient (Wildman–Crippen LogP) is 7.62. The first-order valence-electron chi connectivity index (χ1n) is 15.5. The van der Waals surface area contributed by atoms with Crippen molar-refractivity contribution >= 4 is 46.4 Å². The molecule has 0 unspecified atom stereocenters. The average molecular weight is 726 g/mol. The van der Waals surface area contributed by atoms with Crippen molar-refractivity contribution < 1.29 is 46.2 Å². The number of halogens is 4. The van der Waals surface area contributed by atoms with Crippen LogP contribution in [0.25, 0.3) is 33.7 Å². The number of ether oxygens (including phenoxy) is 3. The molecule has 5 aromatic rings. The number of amides is 2. The van der Waals surface area contributed by atoms with E-state index in [4.69, 9.17) is 20.8 Å². The molecule has 0 bridgehead atoms. The van der Waals surface area contributed by atoms with Gasteiger partial charge in [-0.25, -0.2) is 23.9 Å². The van der Waals surface area contributed by atoms with Gasteiger partial charge in [0.05, 0.1) is 35.6 Å². The third kappa shape index (κ3) is 7.06. The molecule has 1 aliphatic heterocycles. The zero-order chi connectivity index (χ0) is 36.8. The second-order valence-corrected chi connectivity index (χ2v) is 12.9. The van der Waals surface area contributed by atoms with Crippen LogP contribution in [0.4, 0.5) is 23.7 Å². The van der Waals surface area contributed by atoms with Crippen molar-refractivity contribution in [3.63, 3.8) is 0 Å². The lowest BCUT2D eigenvalue weighted by Gasteiger charge is -2.29. The number of imidazole rings is 1. The molecular weight excluding hydrogens is 695 g/mol. The number of oxazole rings is 1. The molecule has 2 aromatic heterocycles. The number of fused-ring (bicyclic) bond motifs is 2. The van der Waals surface area contributed by atoms with Crippen LogP contribution in [0.1, 0.15) is 53.1 Å². The molecule has 1 N–H and O–H groups in total. The van der Waals surface area contributed by atoms with Gasteiger partial charge in [0.1, 0.15) is 28.2 Å². The van der Waals surface area contributed by atoms with E-state index in [1.165, 1.54) is 23.1 Å². The molecule has 12 nitrogen and oxygen atoms in total. The number of rotatable bonds is 7. The van der Waals surface area contributed by atoms with Crippen LogP contribution in [-0.2, 0) is 29.5 Å². The summed E-state index contributed by atoms with van der Waals surface area (Å²) in [5, 5.41) is 2.79. The molecule has 3 aromatic carbocycles. The number of esters is 1. The van der Waals surface area contributed by atoms with Crippen LogP contribution in [0.15, 0.2) is 52.9 Å². The van der Waals surface area contributed by atoms with Gasteiger partial charge < -0.3 is 33.4 Å². The fourth-order valence-electron chi connectivity index (χ4n) is 5.67. The van der Waals surface area contributed by atoms with Crippen LogP contribution in [0.2, 0.25) is 5.02 Å². The minimum atomic E-state index is -3.24. The van der Waals surface area contributed by atoms with Crippen LogP contribution in [-0.4, -0.2) is 63.3 Å². The fraction of sp³-hybridized carbons (Fsp3) is 0.286. The van der Waals surface area contributed by atoms with Gasteiger partial charge in [-0.3, -0.25) is 4.79 Å². The molecule has 6 rings (SSSR count). The molecule has 0 saturated heterocycles. The lowest BCUT2D eigenvalue weighted by atomic mass is 10.0. The molecule has 0 saturated carbocycles. The minimum Gasteiger partial charge on any atom is -0.465 e. The SMILES string of the molecule is COC(=O)c1cc2nc(-c3cccc(-c4cccc(NC(=O)c5nc6c(n5C)CCN(C(=O)OC(C)(C)C)C6)c4Cl)c3F)oc2cc1OC(F)F. The average Bonchev–Trinajstić information content (AvgIpc) is 3.64. The molecule has 266 valence electrons. The third-order valence-electron chi connectivity index (χ3n) is 7.99. The van der Waals surface area contributed by atoms with Gasteiger partial charge in [-0.2, -0.15) is 8.78 Å². The van der Waals surface area contributed by atoms with E-state index in [2.05, 4.69) is 24.8 Å². The number of hydrogen-bond donors (Lipinski definition) is 1. The van der Waals surface area contributed by atoms with Crippen LogP contribution in [0.3, 0.4) is 0 Å². The Labute approximate surface area is 294 Å². The summed E-state index contributed by atoms with van der Waals surface area (Å²) in [5.74, 6) is -2.91. The molecule has 2 amide bonds. The van der Waals surface area contributed by atoms with E-state index in [9.17, 15) is 23.2 Å². The van der Waals surface area contributed by atoms with Gasteiger partial charge >= 0.3 is 18.7 Å². The first-order valence-corrected chi connectivity index (χ1v) is 15.9. The van der Waals surface area contributed by atoms with E-state index in [0.717, 1.165) is 24.9 Å². The maximum atomic E-state index is 16.2. The van der Waals surface area contributed by atoms with Crippen molar-refractivity contribution in [2.24, 2.45) is 7.05 Å². The highest BCUT2D eigenvalue weighted by Gasteiger charge is 2.31. The van der Waals surface area contributed by atoms with Crippen molar-refractivity contribution in [3.8, 4) is 28.3 Å². The molecule has 51 heavy (non-hydrogen) atoms. The molecule has 0 atom stereocenters. The Morgan fingerprint density at radius 2 is 1.75 bits per heavy atom. The lowest BCUT2D eigenvalue weighted by molar-refractivity contribution is -0.0503. The number of carbonyl (C=O) groups excluding carboxylic acids is 3. The summed E-state index contributed by atoms with van der Waals surface area (Å²) in [4.78, 5) is 48.6. The Kier molecular flexibility index (Phi) is 9.42. The second-order valence-electron chi connectivity index (χ2n) is 12.5. The van der Waals surface area contributed by atoms with Gasteiger partial charge in [0.2, 0.25) is 5.89 Å². The molecule has 0 spiro atoms. The van der Waals surface area contributed by atoms with E-state index in [-0.39, 0.29) is 62.3 Å². The Bertz CT molecular complexity index is 2190. The first-order chi connectivity index (χ1) is 24.1. The van der Waals surface area contributed by atoms with E-state index in [1.807, 2.05) is 0 Å². The van der Waals surface area contributed by atoms with E-state index < -0.39 is 41.7 Å². The van der Waals surface area contributed by atoms with Crippen molar-refractivity contribution in [1.29, 1.82) is 0 Å². The normalized spacial score (nSPS) is 12.9. The Balaban J connectivity index is 1.27. The summed E-state index contributed by atoms with van der Waals surface area (Å²) in [6.07, 6.45) is -0.00361. The van der Waals surface area contributed by atoms with E-state index in [1.54, 1.807) is 50.6 Å². The number of methoxy groups -OCH3 is 1. The zero-order valence-electron chi connectivity index (χ0n) is 28.0. The highest BCUT2D eigenvalue weighted by Crippen LogP contribution is 2.39. The summed E-state index contributed by atoms with van der Waals surface area (Å²) >= 11 is 6.75. The molecule has 0 fully saturated rings. The number of nitrogens with zero attached hydrogens (tertiary/aromatic N) is 4. The Morgan fingerprint density at radius 3 is 2.45 bits per heavy atom. The highest BCUT2D eigenvalue weighted by atomic mass is 35.5. The van der Waals surface area contributed by atoms with E-state index >= 15 is 4.39 Å². The molecule has 0 radical (unpaired) electrons. The van der Waals surface area contributed by atoms with Crippen LogP contribution in [0, 0.1) is 5.82 Å². The summed E-state index contributed by atoms with van der Waals surface area (Å²) < 4.78 is 64.2. The van der Waals surface area contributed by atoms with Gasteiger partial charge in [0.15, 0.2) is 11.4 Å². The number of benzene rings is 3. The quantitative estimate of drug-likeness (QED) is 0.168. The summed E-state index contributed by atoms with van der Waals surface area (Å²) in [7, 11) is 2.78. The van der Waals surface area contributed by atoms with Crippen molar-refractivity contribution in [1.82, 2.24) is 19.4 Å². The lowest BCUT2D eigenvalue weighted by Crippen LogP contribution is -2.40. The van der Waals surface area contributed by atoms with Gasteiger partial charge in [-0.15, -0.1) is 0 Å². The fourth-order valence-corrected chi connectivity index (χ4v) is 5.94. The predicted molar refractivity (Wildman–Crippen MR) is 179 cm³/mol.